The van der Waals surface area contributed by atoms with Crippen LogP contribution >= 0.6 is 0 Å². The van der Waals surface area contributed by atoms with Gasteiger partial charge in [0, 0.05) is 19.2 Å². The number of benzene rings is 1. The van der Waals surface area contributed by atoms with E-state index in [9.17, 15) is 5.11 Å². The predicted octanol–water partition coefficient (Wildman–Crippen LogP) is 3.46. The molecule has 2 N–H and O–H groups in total. The highest BCUT2D eigenvalue weighted by atomic mass is 16.5. The van der Waals surface area contributed by atoms with Crippen molar-refractivity contribution in [1.82, 2.24) is 5.32 Å². The van der Waals surface area contributed by atoms with E-state index in [1.165, 1.54) is 17.5 Å². The van der Waals surface area contributed by atoms with Gasteiger partial charge in [0.15, 0.2) is 0 Å². The van der Waals surface area contributed by atoms with Gasteiger partial charge in [0.2, 0.25) is 0 Å². The number of aliphatic hydroxyl groups excluding tert-OH is 1. The zero-order valence-corrected chi connectivity index (χ0v) is 13.9. The van der Waals surface area contributed by atoms with Gasteiger partial charge in [0.25, 0.3) is 0 Å². The zero-order valence-electron chi connectivity index (χ0n) is 13.9. The zero-order chi connectivity index (χ0) is 15.7. The number of hydrogen-bond donors (Lipinski definition) is 2. The number of nitrogens with one attached hydrogen (secondary N) is 1. The monoisotopic (exact) mass is 293 g/mol. The van der Waals surface area contributed by atoms with Gasteiger partial charge in [-0.1, -0.05) is 43.7 Å². The van der Waals surface area contributed by atoms with E-state index in [0.29, 0.717) is 13.2 Å². The molecule has 0 bridgehead atoms. The van der Waals surface area contributed by atoms with E-state index < -0.39 is 6.10 Å². The first-order valence-corrected chi connectivity index (χ1v) is 8.04. The lowest BCUT2D eigenvalue weighted by molar-refractivity contribution is 0.0337. The lowest BCUT2D eigenvalue weighted by Crippen LogP contribution is -2.32. The Labute approximate surface area is 129 Å². The van der Waals surface area contributed by atoms with Crippen LogP contribution in [0, 0.1) is 12.8 Å². The molecule has 0 amide bonds. The Morgan fingerprint density at radius 1 is 1.14 bits per heavy atom. The van der Waals surface area contributed by atoms with E-state index in [4.69, 9.17) is 4.74 Å². The lowest BCUT2D eigenvalue weighted by atomic mass is 10.1. The van der Waals surface area contributed by atoms with Crippen LogP contribution in [0.2, 0.25) is 0 Å². The number of aliphatic hydroxyl groups is 1. The van der Waals surface area contributed by atoms with Crippen molar-refractivity contribution in [1.29, 1.82) is 0 Å². The molecule has 1 aromatic carbocycles. The highest BCUT2D eigenvalue weighted by Gasteiger charge is 2.09. The van der Waals surface area contributed by atoms with Gasteiger partial charge in [0.05, 0.1) is 12.7 Å². The van der Waals surface area contributed by atoms with Crippen LogP contribution in [0.25, 0.3) is 0 Å². The fraction of sp³-hybridized carbons (Fsp3) is 0.667. The molecule has 1 aromatic rings. The Balaban J connectivity index is 2.14. The molecule has 3 heteroatoms. The van der Waals surface area contributed by atoms with Crippen molar-refractivity contribution >= 4 is 0 Å². The molecule has 0 radical (unpaired) electrons. The minimum atomic E-state index is -0.447. The Morgan fingerprint density at radius 2 is 1.81 bits per heavy atom. The summed E-state index contributed by atoms with van der Waals surface area (Å²) in [5.74, 6) is 0.718. The third-order valence-electron chi connectivity index (χ3n) is 3.62. The summed E-state index contributed by atoms with van der Waals surface area (Å²) in [5.41, 5.74) is 2.51. The average molecular weight is 293 g/mol. The van der Waals surface area contributed by atoms with Crippen LogP contribution in [0.5, 0.6) is 0 Å². The normalized spacial score (nSPS) is 14.4. The van der Waals surface area contributed by atoms with Crippen molar-refractivity contribution in [2.45, 2.75) is 52.7 Å². The third-order valence-corrected chi connectivity index (χ3v) is 3.62. The second-order valence-corrected chi connectivity index (χ2v) is 6.31. The summed E-state index contributed by atoms with van der Waals surface area (Å²) < 4.78 is 5.51. The highest BCUT2D eigenvalue weighted by Crippen LogP contribution is 2.12. The number of ether oxygens (including phenoxy) is 1. The second-order valence-electron chi connectivity index (χ2n) is 6.31. The minimum absolute atomic E-state index is 0.237. The number of rotatable bonds is 10. The largest absolute Gasteiger partial charge is 0.389 e. The van der Waals surface area contributed by atoms with Crippen molar-refractivity contribution in [3.05, 3.63) is 35.4 Å². The Hall–Kier alpha value is -0.900. The maximum Gasteiger partial charge on any atom is 0.0897 e. The molecule has 0 saturated heterocycles. The molecular weight excluding hydrogens is 262 g/mol. The summed E-state index contributed by atoms with van der Waals surface area (Å²) in [4.78, 5) is 0. The topological polar surface area (TPSA) is 41.5 Å². The highest BCUT2D eigenvalue weighted by molar-refractivity contribution is 5.23. The first kappa shape index (κ1) is 18.1. The predicted molar refractivity (Wildman–Crippen MR) is 88.5 cm³/mol. The summed E-state index contributed by atoms with van der Waals surface area (Å²) in [7, 11) is 0. The van der Waals surface area contributed by atoms with Crippen molar-refractivity contribution in [3.63, 3.8) is 0 Å². The second kappa shape index (κ2) is 9.93. The molecule has 0 aliphatic heterocycles. The molecule has 0 heterocycles. The van der Waals surface area contributed by atoms with Crippen molar-refractivity contribution in [2.75, 3.05) is 19.8 Å². The molecular formula is C18H31NO2. The van der Waals surface area contributed by atoms with E-state index in [1.807, 2.05) is 0 Å². The first-order valence-electron chi connectivity index (χ1n) is 8.04. The Bertz CT molecular complexity index is 375. The van der Waals surface area contributed by atoms with Gasteiger partial charge in [0.1, 0.15) is 0 Å². The molecule has 3 nitrogen and oxygen atoms in total. The Morgan fingerprint density at radius 3 is 2.43 bits per heavy atom. The summed E-state index contributed by atoms with van der Waals surface area (Å²) in [6.45, 7) is 10.3. The fourth-order valence-corrected chi connectivity index (χ4v) is 2.16. The summed E-state index contributed by atoms with van der Waals surface area (Å²) in [6, 6.07) is 8.72. The third kappa shape index (κ3) is 8.20. The van der Waals surface area contributed by atoms with Crippen molar-refractivity contribution < 1.29 is 9.84 Å². The van der Waals surface area contributed by atoms with Gasteiger partial charge in [-0.15, -0.1) is 0 Å². The molecule has 21 heavy (non-hydrogen) atoms. The van der Waals surface area contributed by atoms with Gasteiger partial charge in [-0.25, -0.2) is 0 Å². The summed E-state index contributed by atoms with van der Waals surface area (Å²) >= 11 is 0. The van der Waals surface area contributed by atoms with Crippen LogP contribution in [-0.2, 0) is 4.74 Å². The van der Waals surface area contributed by atoms with Crippen molar-refractivity contribution in [2.24, 2.45) is 5.92 Å². The van der Waals surface area contributed by atoms with E-state index in [2.05, 4.69) is 57.3 Å². The van der Waals surface area contributed by atoms with Gasteiger partial charge in [-0.05, 0) is 38.2 Å². The molecule has 0 aromatic heterocycles. The molecule has 0 spiro atoms. The first-order chi connectivity index (χ1) is 9.99. The van der Waals surface area contributed by atoms with Gasteiger partial charge < -0.3 is 15.2 Å². The van der Waals surface area contributed by atoms with Crippen LogP contribution in [0.15, 0.2) is 24.3 Å². The molecule has 2 atom stereocenters. The Kier molecular flexibility index (Phi) is 8.58. The number of aryl methyl sites for hydroxylation is 1. The lowest BCUT2D eigenvalue weighted by Gasteiger charge is -2.18. The molecule has 120 valence electrons. The van der Waals surface area contributed by atoms with Crippen LogP contribution in [0.3, 0.4) is 0 Å². The smallest absolute Gasteiger partial charge is 0.0897 e. The van der Waals surface area contributed by atoms with E-state index >= 15 is 0 Å². The number of hydrogen-bond acceptors (Lipinski definition) is 3. The molecule has 0 aliphatic carbocycles. The van der Waals surface area contributed by atoms with Crippen LogP contribution < -0.4 is 5.32 Å². The molecule has 0 aliphatic rings. The van der Waals surface area contributed by atoms with Crippen molar-refractivity contribution in [3.8, 4) is 0 Å². The standard InChI is InChI=1S/C18H31NO2/c1-14(2)6-5-11-21-13-18(20)12-19-16(4)17-9-7-15(3)8-10-17/h7-10,14,16,18-20H,5-6,11-13H2,1-4H3/t16-,18?/m0/s1. The maximum absolute atomic E-state index is 9.91. The van der Waals surface area contributed by atoms with Gasteiger partial charge in [-0.2, -0.15) is 0 Å². The van der Waals surface area contributed by atoms with E-state index in [0.717, 1.165) is 18.9 Å². The average Bonchev–Trinajstić information content (AvgIpc) is 2.44. The molecule has 0 saturated carbocycles. The maximum atomic E-state index is 9.91. The molecule has 1 rings (SSSR count). The summed E-state index contributed by atoms with van der Waals surface area (Å²) in [6.07, 6.45) is 1.80. The summed E-state index contributed by atoms with van der Waals surface area (Å²) in [5, 5.41) is 13.3. The van der Waals surface area contributed by atoms with Crippen LogP contribution in [-0.4, -0.2) is 31.0 Å². The fourth-order valence-electron chi connectivity index (χ4n) is 2.16. The van der Waals surface area contributed by atoms with Gasteiger partial charge >= 0.3 is 0 Å². The molecule has 1 unspecified atom stereocenters. The SMILES string of the molecule is Cc1ccc([C@H](C)NCC(O)COCCCC(C)C)cc1. The minimum Gasteiger partial charge on any atom is -0.389 e. The van der Waals surface area contributed by atoms with E-state index in [-0.39, 0.29) is 6.04 Å². The van der Waals surface area contributed by atoms with Crippen LogP contribution in [0.1, 0.15) is 50.8 Å². The van der Waals surface area contributed by atoms with E-state index in [1.54, 1.807) is 0 Å². The molecule has 0 fully saturated rings. The van der Waals surface area contributed by atoms with Crippen LogP contribution in [0.4, 0.5) is 0 Å². The van der Waals surface area contributed by atoms with Gasteiger partial charge in [-0.3, -0.25) is 0 Å². The quantitative estimate of drug-likeness (QED) is 0.649.